The number of hydrogen-bond acceptors (Lipinski definition) is 2. The molecule has 2 unspecified atom stereocenters. The lowest BCUT2D eigenvalue weighted by atomic mass is 9.99. The lowest BCUT2D eigenvalue weighted by Crippen LogP contribution is -2.14. The van der Waals surface area contributed by atoms with E-state index in [4.69, 9.17) is 10.8 Å². The van der Waals surface area contributed by atoms with Gasteiger partial charge in [-0.3, -0.25) is 4.68 Å². The van der Waals surface area contributed by atoms with E-state index in [-0.39, 0.29) is 6.04 Å². The highest BCUT2D eigenvalue weighted by Gasteiger charge is 2.18. The predicted octanol–water partition coefficient (Wildman–Crippen LogP) is 4.13. The molecule has 0 aliphatic heterocycles. The normalized spacial score (nSPS) is 14.6. The highest BCUT2D eigenvalue weighted by atomic mass is 15.3. The Balaban J connectivity index is 2.84. The second-order valence-electron chi connectivity index (χ2n) is 5.70. The van der Waals surface area contributed by atoms with E-state index in [1.54, 1.807) is 0 Å². The van der Waals surface area contributed by atoms with Gasteiger partial charge in [0.2, 0.25) is 0 Å². The zero-order valence-corrected chi connectivity index (χ0v) is 13.4. The van der Waals surface area contributed by atoms with Gasteiger partial charge in [0.15, 0.2) is 0 Å². The van der Waals surface area contributed by atoms with Crippen molar-refractivity contribution < 1.29 is 0 Å². The van der Waals surface area contributed by atoms with Crippen LogP contribution in [0.5, 0.6) is 0 Å². The Morgan fingerprint density at radius 1 is 1.16 bits per heavy atom. The highest BCUT2D eigenvalue weighted by Crippen LogP contribution is 2.24. The summed E-state index contributed by atoms with van der Waals surface area (Å²) in [5.41, 5.74) is 9.83. The quantitative estimate of drug-likeness (QED) is 0.768. The number of hydrogen-bond donors (Lipinski definition) is 1. The summed E-state index contributed by atoms with van der Waals surface area (Å²) in [5, 5.41) is 4.71. The average Bonchev–Trinajstić information content (AvgIpc) is 2.68. The number of aromatic nitrogens is 2. The van der Waals surface area contributed by atoms with Crippen LogP contribution >= 0.6 is 0 Å². The van der Waals surface area contributed by atoms with Crippen LogP contribution in [0.2, 0.25) is 0 Å². The van der Waals surface area contributed by atoms with Crippen LogP contribution in [-0.2, 0) is 6.54 Å². The monoisotopic (exact) mass is 265 g/mol. The SMILES string of the molecule is CCCCC(CC)Cn1nc(C)c(C(N)CC)c1C. The van der Waals surface area contributed by atoms with E-state index in [9.17, 15) is 0 Å². The molecule has 0 fully saturated rings. The van der Waals surface area contributed by atoms with Gasteiger partial charge in [-0.05, 0) is 32.6 Å². The van der Waals surface area contributed by atoms with Crippen molar-refractivity contribution in [3.63, 3.8) is 0 Å². The molecule has 0 aromatic carbocycles. The van der Waals surface area contributed by atoms with E-state index in [0.29, 0.717) is 0 Å². The maximum absolute atomic E-state index is 6.20. The third-order valence-electron chi connectivity index (χ3n) is 4.22. The first-order valence-corrected chi connectivity index (χ1v) is 7.84. The maximum atomic E-state index is 6.20. The van der Waals surface area contributed by atoms with Crippen molar-refractivity contribution in [2.75, 3.05) is 0 Å². The lowest BCUT2D eigenvalue weighted by Gasteiger charge is -2.16. The summed E-state index contributed by atoms with van der Waals surface area (Å²) in [7, 11) is 0. The summed E-state index contributed by atoms with van der Waals surface area (Å²) in [6, 6.07) is 0.129. The first-order chi connectivity index (χ1) is 9.04. The third-order valence-corrected chi connectivity index (χ3v) is 4.22. The van der Waals surface area contributed by atoms with Crippen molar-refractivity contribution in [2.45, 2.75) is 79.3 Å². The number of aryl methyl sites for hydroxylation is 1. The molecule has 110 valence electrons. The third kappa shape index (κ3) is 4.07. The van der Waals surface area contributed by atoms with Crippen LogP contribution in [0, 0.1) is 19.8 Å². The minimum absolute atomic E-state index is 0.129. The van der Waals surface area contributed by atoms with Crippen LogP contribution in [0.4, 0.5) is 0 Å². The highest BCUT2D eigenvalue weighted by molar-refractivity contribution is 5.27. The molecule has 1 aromatic heterocycles. The number of rotatable bonds is 8. The zero-order valence-electron chi connectivity index (χ0n) is 13.4. The van der Waals surface area contributed by atoms with Crippen LogP contribution in [0.1, 0.15) is 75.9 Å². The molecule has 1 aromatic rings. The summed E-state index contributed by atoms with van der Waals surface area (Å²) in [5.74, 6) is 0.739. The van der Waals surface area contributed by atoms with E-state index in [0.717, 1.165) is 24.6 Å². The fourth-order valence-corrected chi connectivity index (χ4v) is 2.79. The van der Waals surface area contributed by atoms with Gasteiger partial charge in [0.1, 0.15) is 0 Å². The molecule has 2 N–H and O–H groups in total. The summed E-state index contributed by atoms with van der Waals surface area (Å²) in [4.78, 5) is 0. The largest absolute Gasteiger partial charge is 0.324 e. The molecule has 1 rings (SSSR count). The van der Waals surface area contributed by atoms with Gasteiger partial charge in [0.25, 0.3) is 0 Å². The van der Waals surface area contributed by atoms with Gasteiger partial charge in [-0.2, -0.15) is 5.10 Å². The van der Waals surface area contributed by atoms with Gasteiger partial charge in [-0.1, -0.05) is 40.0 Å². The van der Waals surface area contributed by atoms with Crippen LogP contribution in [0.25, 0.3) is 0 Å². The Morgan fingerprint density at radius 2 is 1.84 bits per heavy atom. The smallest absolute Gasteiger partial charge is 0.0644 e. The average molecular weight is 265 g/mol. The molecule has 3 nitrogen and oxygen atoms in total. The van der Waals surface area contributed by atoms with Crippen molar-refractivity contribution in [1.82, 2.24) is 9.78 Å². The molecular weight excluding hydrogens is 234 g/mol. The molecule has 0 radical (unpaired) electrons. The summed E-state index contributed by atoms with van der Waals surface area (Å²) in [6.45, 7) is 12.0. The Labute approximate surface area is 118 Å². The molecule has 0 amide bonds. The van der Waals surface area contributed by atoms with Crippen molar-refractivity contribution in [2.24, 2.45) is 11.7 Å². The molecule has 0 bridgehead atoms. The first-order valence-electron chi connectivity index (χ1n) is 7.84. The molecule has 2 atom stereocenters. The Morgan fingerprint density at radius 3 is 2.37 bits per heavy atom. The molecule has 1 heterocycles. The first kappa shape index (κ1) is 16.2. The molecule has 0 spiro atoms. The summed E-state index contributed by atoms with van der Waals surface area (Å²) >= 11 is 0. The number of unbranched alkanes of at least 4 members (excludes halogenated alkanes) is 1. The summed E-state index contributed by atoms with van der Waals surface area (Å²) < 4.78 is 2.18. The van der Waals surface area contributed by atoms with Crippen molar-refractivity contribution >= 4 is 0 Å². The second-order valence-corrected chi connectivity index (χ2v) is 5.70. The van der Waals surface area contributed by atoms with E-state index in [2.05, 4.69) is 39.3 Å². The Bertz CT molecular complexity index is 382. The van der Waals surface area contributed by atoms with Gasteiger partial charge in [0, 0.05) is 23.8 Å². The molecule has 0 saturated heterocycles. The molecular formula is C16H31N3. The Hall–Kier alpha value is -0.830. The number of nitrogens with zero attached hydrogens (tertiary/aromatic N) is 2. The van der Waals surface area contributed by atoms with Crippen LogP contribution in [0.3, 0.4) is 0 Å². The molecule has 19 heavy (non-hydrogen) atoms. The van der Waals surface area contributed by atoms with Crippen molar-refractivity contribution in [3.8, 4) is 0 Å². The predicted molar refractivity (Wildman–Crippen MR) is 82.2 cm³/mol. The summed E-state index contributed by atoms with van der Waals surface area (Å²) in [6.07, 6.45) is 6.10. The van der Waals surface area contributed by atoms with Gasteiger partial charge < -0.3 is 5.73 Å². The van der Waals surface area contributed by atoms with E-state index in [1.807, 2.05) is 0 Å². The van der Waals surface area contributed by atoms with Gasteiger partial charge >= 0.3 is 0 Å². The number of nitrogens with two attached hydrogens (primary N) is 1. The topological polar surface area (TPSA) is 43.8 Å². The van der Waals surface area contributed by atoms with Gasteiger partial charge in [-0.15, -0.1) is 0 Å². The fourth-order valence-electron chi connectivity index (χ4n) is 2.79. The van der Waals surface area contributed by atoms with Gasteiger partial charge in [-0.25, -0.2) is 0 Å². The van der Waals surface area contributed by atoms with E-state index >= 15 is 0 Å². The second kappa shape index (κ2) is 7.68. The fraction of sp³-hybridized carbons (Fsp3) is 0.812. The molecule has 0 aliphatic carbocycles. The van der Waals surface area contributed by atoms with E-state index in [1.165, 1.54) is 36.9 Å². The molecule has 0 saturated carbocycles. The van der Waals surface area contributed by atoms with Crippen LogP contribution in [-0.4, -0.2) is 9.78 Å². The van der Waals surface area contributed by atoms with Crippen LogP contribution in [0.15, 0.2) is 0 Å². The van der Waals surface area contributed by atoms with E-state index < -0.39 is 0 Å². The van der Waals surface area contributed by atoms with Crippen molar-refractivity contribution in [3.05, 3.63) is 17.0 Å². The standard InChI is InChI=1S/C16H31N3/c1-6-9-10-14(7-2)11-19-13(5)16(12(4)18-19)15(17)8-3/h14-15H,6-11,17H2,1-5H3. The minimum Gasteiger partial charge on any atom is -0.324 e. The van der Waals surface area contributed by atoms with Gasteiger partial charge in [0.05, 0.1) is 5.69 Å². The molecule has 3 heteroatoms. The van der Waals surface area contributed by atoms with Crippen molar-refractivity contribution in [1.29, 1.82) is 0 Å². The lowest BCUT2D eigenvalue weighted by molar-refractivity contribution is 0.367. The molecule has 0 aliphatic rings. The maximum Gasteiger partial charge on any atom is 0.0644 e. The Kier molecular flexibility index (Phi) is 6.56. The van der Waals surface area contributed by atoms with Crippen LogP contribution < -0.4 is 5.73 Å². The minimum atomic E-state index is 0.129. The zero-order chi connectivity index (χ0) is 14.4.